The molecule has 1 aromatic carbocycles. The lowest BCUT2D eigenvalue weighted by Gasteiger charge is -2.10. The molecule has 2 rings (SSSR count). The van der Waals surface area contributed by atoms with E-state index in [1.54, 1.807) is 0 Å². The van der Waals surface area contributed by atoms with Crippen LogP contribution in [0.1, 0.15) is 11.4 Å². The highest BCUT2D eigenvalue weighted by Crippen LogP contribution is 2.37. The van der Waals surface area contributed by atoms with Gasteiger partial charge in [-0.15, -0.1) is 0 Å². The Bertz CT molecular complexity index is 591. The van der Waals surface area contributed by atoms with Crippen LogP contribution in [0.3, 0.4) is 0 Å². The molecule has 7 heteroatoms. The first-order valence-corrected chi connectivity index (χ1v) is 6.73. The summed E-state index contributed by atoms with van der Waals surface area (Å²) in [5, 5.41) is 1.14. The fourth-order valence-corrected chi connectivity index (χ4v) is 2.09. The van der Waals surface area contributed by atoms with E-state index in [2.05, 4.69) is 9.97 Å². The minimum Gasteiger partial charge on any atom is -0.435 e. The Morgan fingerprint density at radius 3 is 2.11 bits per heavy atom. The zero-order valence-corrected chi connectivity index (χ0v) is 13.0. The van der Waals surface area contributed by atoms with Gasteiger partial charge in [-0.3, -0.25) is 0 Å². The topological polar surface area (TPSA) is 35.0 Å². The Balaban J connectivity index is 2.42. The predicted octanol–water partition coefficient (Wildman–Crippen LogP) is 5.50. The molecular weight excluding hydrogens is 330 g/mol. The molecule has 1 aromatic heterocycles. The number of aryl methyl sites for hydroxylation is 2. The molecule has 1 heterocycles. The molecule has 0 fully saturated rings. The highest BCUT2D eigenvalue weighted by atomic mass is 35.5. The van der Waals surface area contributed by atoms with Crippen LogP contribution in [0, 0.1) is 13.8 Å². The van der Waals surface area contributed by atoms with E-state index >= 15 is 0 Å². The zero-order valence-electron chi connectivity index (χ0n) is 9.97. The number of halogens is 4. The molecule has 0 spiro atoms. The van der Waals surface area contributed by atoms with Crippen molar-refractivity contribution in [1.29, 1.82) is 0 Å². The van der Waals surface area contributed by atoms with Gasteiger partial charge in [0.1, 0.15) is 5.75 Å². The zero-order chi connectivity index (χ0) is 14.2. The quantitative estimate of drug-likeness (QED) is 0.678. The number of hydrogen-bond acceptors (Lipinski definition) is 3. The molecule has 100 valence electrons. The second-order valence-electron chi connectivity index (χ2n) is 3.79. The average molecular weight is 338 g/mol. The van der Waals surface area contributed by atoms with E-state index in [9.17, 15) is 0 Å². The SMILES string of the molecule is Cc1nc(Cl)c(Oc2cc(Cl)c(Cl)cc2Cl)nc1C. The van der Waals surface area contributed by atoms with Gasteiger partial charge in [0, 0.05) is 6.07 Å². The molecule has 0 radical (unpaired) electrons. The molecular formula is C12H8Cl4N2O. The average Bonchev–Trinajstić information content (AvgIpc) is 2.32. The second kappa shape index (κ2) is 5.71. The molecule has 19 heavy (non-hydrogen) atoms. The predicted molar refractivity (Wildman–Crippen MR) is 78.1 cm³/mol. The number of ether oxygens (including phenoxy) is 1. The summed E-state index contributed by atoms with van der Waals surface area (Å²) in [6, 6.07) is 2.99. The molecule has 0 N–H and O–H groups in total. The van der Waals surface area contributed by atoms with Gasteiger partial charge in [0.15, 0.2) is 5.15 Å². The monoisotopic (exact) mass is 336 g/mol. The van der Waals surface area contributed by atoms with Crippen LogP contribution >= 0.6 is 46.4 Å². The molecule has 0 atom stereocenters. The Labute approximate surface area is 130 Å². The third-order valence-electron chi connectivity index (χ3n) is 2.42. The van der Waals surface area contributed by atoms with E-state index in [1.807, 2.05) is 13.8 Å². The van der Waals surface area contributed by atoms with E-state index in [0.717, 1.165) is 11.4 Å². The van der Waals surface area contributed by atoms with Gasteiger partial charge < -0.3 is 4.74 Å². The van der Waals surface area contributed by atoms with Crippen LogP contribution in [0.15, 0.2) is 12.1 Å². The van der Waals surface area contributed by atoms with Crippen molar-refractivity contribution in [2.75, 3.05) is 0 Å². The molecule has 0 aliphatic heterocycles. The van der Waals surface area contributed by atoms with Crippen LogP contribution in [-0.4, -0.2) is 9.97 Å². The van der Waals surface area contributed by atoms with Crippen LogP contribution < -0.4 is 4.74 Å². The largest absolute Gasteiger partial charge is 0.435 e. The Morgan fingerprint density at radius 2 is 1.42 bits per heavy atom. The van der Waals surface area contributed by atoms with Crippen LogP contribution in [-0.2, 0) is 0 Å². The summed E-state index contributed by atoms with van der Waals surface area (Å²) in [7, 11) is 0. The lowest BCUT2D eigenvalue weighted by Crippen LogP contribution is -1.97. The van der Waals surface area contributed by atoms with Crippen molar-refractivity contribution in [3.8, 4) is 11.6 Å². The number of rotatable bonds is 2. The number of nitrogens with zero attached hydrogens (tertiary/aromatic N) is 2. The van der Waals surface area contributed by atoms with Crippen LogP contribution in [0.2, 0.25) is 20.2 Å². The number of aromatic nitrogens is 2. The molecule has 0 aliphatic carbocycles. The van der Waals surface area contributed by atoms with Gasteiger partial charge in [-0.1, -0.05) is 46.4 Å². The van der Waals surface area contributed by atoms with Crippen molar-refractivity contribution in [2.45, 2.75) is 13.8 Å². The van der Waals surface area contributed by atoms with Crippen molar-refractivity contribution in [3.05, 3.63) is 43.7 Å². The summed E-state index contributed by atoms with van der Waals surface area (Å²) < 4.78 is 5.53. The Morgan fingerprint density at radius 1 is 0.842 bits per heavy atom. The molecule has 0 saturated heterocycles. The van der Waals surface area contributed by atoms with E-state index in [-0.39, 0.29) is 11.0 Å². The molecule has 0 amide bonds. The smallest absolute Gasteiger partial charge is 0.257 e. The van der Waals surface area contributed by atoms with E-state index < -0.39 is 0 Å². The minimum absolute atomic E-state index is 0.158. The molecule has 0 aliphatic rings. The maximum absolute atomic E-state index is 6.02. The normalized spacial score (nSPS) is 10.6. The van der Waals surface area contributed by atoms with E-state index in [1.165, 1.54) is 12.1 Å². The first-order valence-electron chi connectivity index (χ1n) is 5.21. The Kier molecular flexibility index (Phi) is 4.41. The highest BCUT2D eigenvalue weighted by molar-refractivity contribution is 6.43. The van der Waals surface area contributed by atoms with E-state index in [4.69, 9.17) is 51.1 Å². The van der Waals surface area contributed by atoms with Gasteiger partial charge in [0.05, 0.1) is 26.5 Å². The second-order valence-corrected chi connectivity index (χ2v) is 5.37. The van der Waals surface area contributed by atoms with Crippen molar-refractivity contribution in [2.24, 2.45) is 0 Å². The third kappa shape index (κ3) is 3.23. The third-order valence-corrected chi connectivity index (χ3v) is 3.68. The molecule has 3 nitrogen and oxygen atoms in total. The van der Waals surface area contributed by atoms with Crippen LogP contribution in [0.4, 0.5) is 0 Å². The summed E-state index contributed by atoms with van der Waals surface area (Å²) >= 11 is 23.7. The minimum atomic E-state index is 0.158. The van der Waals surface area contributed by atoms with Crippen LogP contribution in [0.25, 0.3) is 0 Å². The van der Waals surface area contributed by atoms with Gasteiger partial charge in [0.25, 0.3) is 5.88 Å². The molecule has 0 unspecified atom stereocenters. The summed E-state index contributed by atoms with van der Waals surface area (Å²) in [6.45, 7) is 3.62. The molecule has 2 aromatic rings. The molecule has 0 bridgehead atoms. The van der Waals surface area contributed by atoms with Crippen molar-refractivity contribution < 1.29 is 4.74 Å². The van der Waals surface area contributed by atoms with Crippen molar-refractivity contribution >= 4 is 46.4 Å². The number of benzene rings is 1. The van der Waals surface area contributed by atoms with E-state index in [0.29, 0.717) is 20.8 Å². The Hall–Kier alpha value is -0.740. The first-order chi connectivity index (χ1) is 8.88. The van der Waals surface area contributed by atoms with Gasteiger partial charge >= 0.3 is 0 Å². The van der Waals surface area contributed by atoms with Crippen molar-refractivity contribution in [1.82, 2.24) is 9.97 Å². The number of hydrogen-bond donors (Lipinski definition) is 0. The fourth-order valence-electron chi connectivity index (χ4n) is 1.31. The summed E-state index contributed by atoms with van der Waals surface area (Å²) in [5.41, 5.74) is 1.45. The standard InChI is InChI=1S/C12H8Cl4N2O/c1-5-6(2)18-12(11(16)17-5)19-10-4-8(14)7(13)3-9(10)15/h3-4H,1-2H3. The summed E-state index contributed by atoms with van der Waals surface area (Å²) in [5.74, 6) is 0.487. The first kappa shape index (κ1) is 14.7. The van der Waals surface area contributed by atoms with Gasteiger partial charge in [-0.25, -0.2) is 9.97 Å². The molecule has 0 saturated carbocycles. The van der Waals surface area contributed by atoms with Crippen LogP contribution in [0.5, 0.6) is 11.6 Å². The van der Waals surface area contributed by atoms with Gasteiger partial charge in [-0.05, 0) is 19.9 Å². The maximum atomic E-state index is 6.02. The lowest BCUT2D eigenvalue weighted by molar-refractivity contribution is 0.458. The lowest BCUT2D eigenvalue weighted by atomic mass is 10.3. The van der Waals surface area contributed by atoms with Gasteiger partial charge in [0.2, 0.25) is 0 Å². The highest BCUT2D eigenvalue weighted by Gasteiger charge is 2.13. The van der Waals surface area contributed by atoms with Crippen molar-refractivity contribution in [3.63, 3.8) is 0 Å². The summed E-state index contributed by atoms with van der Waals surface area (Å²) in [6.07, 6.45) is 0. The van der Waals surface area contributed by atoms with Gasteiger partial charge in [-0.2, -0.15) is 0 Å². The maximum Gasteiger partial charge on any atom is 0.257 e. The fraction of sp³-hybridized carbons (Fsp3) is 0.167. The summed E-state index contributed by atoms with van der Waals surface area (Å²) in [4.78, 5) is 8.32.